The lowest BCUT2D eigenvalue weighted by molar-refractivity contribution is -0.115. The summed E-state index contributed by atoms with van der Waals surface area (Å²) in [5.74, 6) is 0.205. The summed E-state index contributed by atoms with van der Waals surface area (Å²) in [5, 5.41) is 0. The summed E-state index contributed by atoms with van der Waals surface area (Å²) in [5.41, 5.74) is 1.68. The molecular weight excluding hydrogens is 186 g/mol. The topological polar surface area (TPSA) is 29.4 Å². The molecular formula is C10H10ClNO. The largest absolute Gasteiger partial charge is 0.294 e. The molecule has 68 valence electrons. The van der Waals surface area contributed by atoms with E-state index in [-0.39, 0.29) is 18.2 Å². The number of aliphatic imine (C=N–C) groups is 1. The number of carbonyl (C=O) groups is 1. The van der Waals surface area contributed by atoms with Crippen LogP contribution < -0.4 is 0 Å². The van der Waals surface area contributed by atoms with Crippen molar-refractivity contribution in [3.8, 4) is 0 Å². The molecule has 0 atom stereocenters. The van der Waals surface area contributed by atoms with Crippen LogP contribution in [0.1, 0.15) is 12.8 Å². The Hall–Kier alpha value is -1.15. The lowest BCUT2D eigenvalue weighted by Gasteiger charge is -2.08. The van der Waals surface area contributed by atoms with Crippen LogP contribution in [0.2, 0.25) is 0 Å². The Kier molecular flexibility index (Phi) is 3.20. The zero-order chi connectivity index (χ0) is 8.39. The van der Waals surface area contributed by atoms with Crippen molar-refractivity contribution in [2.45, 2.75) is 12.8 Å². The van der Waals surface area contributed by atoms with Gasteiger partial charge in [0, 0.05) is 18.2 Å². The number of hydrogen-bond acceptors (Lipinski definition) is 2. The number of ketones is 1. The molecule has 0 radical (unpaired) electrons. The van der Waals surface area contributed by atoms with E-state index in [9.17, 15) is 4.79 Å². The minimum Gasteiger partial charge on any atom is -0.294 e. The van der Waals surface area contributed by atoms with Crippen molar-refractivity contribution in [3.63, 3.8) is 0 Å². The van der Waals surface area contributed by atoms with E-state index < -0.39 is 0 Å². The van der Waals surface area contributed by atoms with Gasteiger partial charge in [-0.25, -0.2) is 0 Å². The predicted molar refractivity (Wildman–Crippen MR) is 55.3 cm³/mol. The minimum atomic E-state index is 0. The lowest BCUT2D eigenvalue weighted by atomic mass is 9.98. The Morgan fingerprint density at radius 3 is 2.92 bits per heavy atom. The maximum Gasteiger partial charge on any atom is 0.165 e. The number of carbonyl (C=O) groups excluding carboxylic acids is 1. The second kappa shape index (κ2) is 4.19. The molecule has 1 aliphatic carbocycles. The molecule has 2 aliphatic rings. The highest BCUT2D eigenvalue weighted by Gasteiger charge is 2.15. The Morgan fingerprint density at radius 2 is 2.08 bits per heavy atom. The first kappa shape index (κ1) is 9.93. The van der Waals surface area contributed by atoms with Gasteiger partial charge >= 0.3 is 0 Å². The van der Waals surface area contributed by atoms with Crippen molar-refractivity contribution in [1.82, 2.24) is 0 Å². The predicted octanol–water partition coefficient (Wildman–Crippen LogP) is 2.22. The number of halogens is 1. The van der Waals surface area contributed by atoms with Crippen molar-refractivity contribution in [2.24, 2.45) is 4.99 Å². The number of rotatable bonds is 0. The second-order valence-corrected chi connectivity index (χ2v) is 2.80. The van der Waals surface area contributed by atoms with Crippen LogP contribution in [0.15, 0.2) is 40.6 Å². The van der Waals surface area contributed by atoms with Crippen LogP contribution in [0.25, 0.3) is 0 Å². The van der Waals surface area contributed by atoms with Gasteiger partial charge in [0.1, 0.15) is 0 Å². The first-order chi connectivity index (χ1) is 5.88. The van der Waals surface area contributed by atoms with Gasteiger partial charge in [0.05, 0.1) is 5.70 Å². The van der Waals surface area contributed by atoms with Gasteiger partial charge in [-0.2, -0.15) is 0 Å². The van der Waals surface area contributed by atoms with Gasteiger partial charge in [0.2, 0.25) is 0 Å². The maximum atomic E-state index is 11.4. The summed E-state index contributed by atoms with van der Waals surface area (Å²) in [6.45, 7) is 0. The summed E-state index contributed by atoms with van der Waals surface area (Å²) < 4.78 is 0. The Bertz CT molecular complexity index is 337. The Balaban J connectivity index is 0.000000845. The molecule has 0 aromatic heterocycles. The van der Waals surface area contributed by atoms with E-state index in [1.165, 1.54) is 0 Å². The van der Waals surface area contributed by atoms with Crippen molar-refractivity contribution in [1.29, 1.82) is 0 Å². The zero-order valence-electron chi connectivity index (χ0n) is 7.06. The van der Waals surface area contributed by atoms with Crippen LogP contribution in [0, 0.1) is 0 Å². The van der Waals surface area contributed by atoms with Gasteiger partial charge in [0.15, 0.2) is 5.78 Å². The highest BCUT2D eigenvalue weighted by molar-refractivity contribution is 5.99. The normalized spacial score (nSPS) is 19.5. The first-order valence-corrected chi connectivity index (χ1v) is 4.00. The van der Waals surface area contributed by atoms with E-state index in [0.717, 1.165) is 17.7 Å². The fraction of sp³-hybridized carbons (Fsp3) is 0.200. The highest BCUT2D eigenvalue weighted by Crippen LogP contribution is 2.21. The highest BCUT2D eigenvalue weighted by atomic mass is 35.5. The molecule has 0 aromatic carbocycles. The second-order valence-electron chi connectivity index (χ2n) is 2.80. The molecule has 0 spiro atoms. The molecule has 2 rings (SSSR count). The lowest BCUT2D eigenvalue weighted by Crippen LogP contribution is -2.06. The molecule has 1 aliphatic heterocycles. The van der Waals surface area contributed by atoms with Gasteiger partial charge in [-0.15, -0.1) is 12.4 Å². The molecule has 0 fully saturated rings. The van der Waals surface area contributed by atoms with E-state index >= 15 is 0 Å². The third-order valence-electron chi connectivity index (χ3n) is 1.98. The zero-order valence-corrected chi connectivity index (χ0v) is 7.88. The van der Waals surface area contributed by atoms with Gasteiger partial charge < -0.3 is 0 Å². The molecule has 0 amide bonds. The molecule has 2 nitrogen and oxygen atoms in total. The van der Waals surface area contributed by atoms with E-state index in [2.05, 4.69) is 4.99 Å². The van der Waals surface area contributed by atoms with Crippen LogP contribution in [0.4, 0.5) is 0 Å². The van der Waals surface area contributed by atoms with E-state index in [1.807, 2.05) is 24.3 Å². The summed E-state index contributed by atoms with van der Waals surface area (Å²) in [4.78, 5) is 15.5. The van der Waals surface area contributed by atoms with Crippen LogP contribution >= 0.6 is 12.4 Å². The molecule has 0 saturated heterocycles. The number of Topliss-reactive ketones (excluding diaryl/α,β-unsaturated/α-hetero) is 1. The molecule has 0 bridgehead atoms. The maximum absolute atomic E-state index is 11.4. The third kappa shape index (κ3) is 1.95. The summed E-state index contributed by atoms with van der Waals surface area (Å²) >= 11 is 0. The number of allylic oxidation sites excluding steroid dienone is 5. The molecule has 0 unspecified atom stereocenters. The summed E-state index contributed by atoms with van der Waals surface area (Å²) in [6.07, 6.45) is 10.6. The summed E-state index contributed by atoms with van der Waals surface area (Å²) in [6, 6.07) is 0. The van der Waals surface area contributed by atoms with Gasteiger partial charge in [-0.05, 0) is 18.6 Å². The number of nitrogens with zero attached hydrogens (tertiary/aromatic N) is 1. The summed E-state index contributed by atoms with van der Waals surface area (Å²) in [7, 11) is 0. The molecule has 0 aromatic rings. The molecule has 0 N–H and O–H groups in total. The molecule has 13 heavy (non-hydrogen) atoms. The van der Waals surface area contributed by atoms with Crippen LogP contribution in [-0.2, 0) is 4.79 Å². The van der Waals surface area contributed by atoms with Gasteiger partial charge in [-0.1, -0.05) is 12.2 Å². The minimum absolute atomic E-state index is 0. The van der Waals surface area contributed by atoms with Crippen molar-refractivity contribution >= 4 is 24.4 Å². The molecule has 3 heteroatoms. The number of hydrogen-bond donors (Lipinski definition) is 0. The van der Waals surface area contributed by atoms with Gasteiger partial charge in [0.25, 0.3) is 0 Å². The SMILES string of the molecule is Cl.O=C1CC=CC2=C1CC=CC=N2. The van der Waals surface area contributed by atoms with Crippen molar-refractivity contribution < 1.29 is 4.79 Å². The Labute approximate surface area is 83.2 Å². The van der Waals surface area contributed by atoms with E-state index in [0.29, 0.717) is 6.42 Å². The fourth-order valence-electron chi connectivity index (χ4n) is 1.35. The third-order valence-corrected chi connectivity index (χ3v) is 1.98. The van der Waals surface area contributed by atoms with E-state index in [1.54, 1.807) is 6.21 Å². The Morgan fingerprint density at radius 1 is 1.23 bits per heavy atom. The first-order valence-electron chi connectivity index (χ1n) is 4.00. The molecule has 0 saturated carbocycles. The van der Waals surface area contributed by atoms with E-state index in [4.69, 9.17) is 0 Å². The van der Waals surface area contributed by atoms with Crippen LogP contribution in [0.3, 0.4) is 0 Å². The van der Waals surface area contributed by atoms with Gasteiger partial charge in [-0.3, -0.25) is 9.79 Å². The smallest absolute Gasteiger partial charge is 0.165 e. The standard InChI is InChI=1S/C10H9NO.ClH/c12-10-6-3-5-9-8(10)4-1-2-7-11-9;/h1-3,5,7H,4,6H2;1H. The monoisotopic (exact) mass is 195 g/mol. The molecule has 1 heterocycles. The van der Waals surface area contributed by atoms with Crippen molar-refractivity contribution in [3.05, 3.63) is 35.6 Å². The average molecular weight is 196 g/mol. The van der Waals surface area contributed by atoms with Crippen LogP contribution in [0.5, 0.6) is 0 Å². The van der Waals surface area contributed by atoms with Crippen LogP contribution in [-0.4, -0.2) is 12.0 Å². The average Bonchev–Trinajstić information content (AvgIpc) is 2.30. The fourth-order valence-corrected chi connectivity index (χ4v) is 1.35. The van der Waals surface area contributed by atoms with Crippen molar-refractivity contribution in [2.75, 3.05) is 0 Å². The quantitative estimate of drug-likeness (QED) is 0.583.